The summed E-state index contributed by atoms with van der Waals surface area (Å²) in [6.07, 6.45) is 0.557. The van der Waals surface area contributed by atoms with Gasteiger partial charge >= 0.3 is 0 Å². The molecule has 14 heavy (non-hydrogen) atoms. The van der Waals surface area contributed by atoms with E-state index in [0.717, 1.165) is 18.5 Å². The Morgan fingerprint density at radius 3 is 2.64 bits per heavy atom. The van der Waals surface area contributed by atoms with Gasteiger partial charge in [0.2, 0.25) is 0 Å². The highest BCUT2D eigenvalue weighted by atomic mass is 19.1. The minimum absolute atomic E-state index is 0.150. The van der Waals surface area contributed by atoms with Gasteiger partial charge in [-0.15, -0.1) is 0 Å². The minimum Gasteiger partial charge on any atom is -0.391 e. The molecule has 2 atom stereocenters. The predicted molar refractivity (Wildman–Crippen MR) is 52.6 cm³/mol. The molecular weight excluding hydrogens is 181 g/mol. The van der Waals surface area contributed by atoms with E-state index in [0.29, 0.717) is 6.54 Å². The van der Waals surface area contributed by atoms with Crippen LogP contribution in [0.3, 0.4) is 0 Å². The number of hydrogen-bond donors (Lipinski definition) is 2. The van der Waals surface area contributed by atoms with Crippen LogP contribution in [0, 0.1) is 5.82 Å². The normalized spacial score (nSPS) is 27.6. The van der Waals surface area contributed by atoms with E-state index in [2.05, 4.69) is 5.32 Å². The smallest absolute Gasteiger partial charge is 0.123 e. The molecule has 1 saturated heterocycles. The van der Waals surface area contributed by atoms with Crippen molar-refractivity contribution in [3.8, 4) is 0 Å². The first kappa shape index (κ1) is 9.62. The highest BCUT2D eigenvalue weighted by Crippen LogP contribution is 2.25. The molecule has 0 spiro atoms. The number of halogens is 1. The minimum atomic E-state index is -0.353. The zero-order valence-electron chi connectivity index (χ0n) is 7.91. The molecule has 2 N–H and O–H groups in total. The number of β-amino-alcohol motifs (C(OH)–C–C–N with tert-alkyl or cyclic N) is 1. The lowest BCUT2D eigenvalue weighted by molar-refractivity contribution is 0.118. The Bertz CT molecular complexity index is 299. The summed E-state index contributed by atoms with van der Waals surface area (Å²) in [6.45, 7) is 1.54. The fourth-order valence-corrected chi connectivity index (χ4v) is 1.94. The topological polar surface area (TPSA) is 32.3 Å². The third-order valence-electron chi connectivity index (χ3n) is 2.75. The lowest BCUT2D eigenvalue weighted by atomic mass is 9.88. The summed E-state index contributed by atoms with van der Waals surface area (Å²) < 4.78 is 12.7. The average molecular weight is 195 g/mol. The molecule has 0 aromatic heterocycles. The van der Waals surface area contributed by atoms with Crippen molar-refractivity contribution in [2.45, 2.75) is 18.4 Å². The van der Waals surface area contributed by atoms with E-state index in [-0.39, 0.29) is 17.8 Å². The molecule has 2 nitrogen and oxygen atoms in total. The third-order valence-corrected chi connectivity index (χ3v) is 2.75. The third kappa shape index (κ3) is 1.94. The molecule has 0 saturated carbocycles. The first-order valence-electron chi connectivity index (χ1n) is 4.91. The van der Waals surface area contributed by atoms with Crippen LogP contribution < -0.4 is 5.32 Å². The number of aliphatic hydroxyl groups is 1. The van der Waals surface area contributed by atoms with Crippen LogP contribution >= 0.6 is 0 Å². The van der Waals surface area contributed by atoms with Gasteiger partial charge in [0.15, 0.2) is 0 Å². The predicted octanol–water partition coefficient (Wildman–Crippen LogP) is 1.26. The van der Waals surface area contributed by atoms with Crippen molar-refractivity contribution in [3.63, 3.8) is 0 Å². The van der Waals surface area contributed by atoms with Crippen molar-refractivity contribution in [2.24, 2.45) is 0 Å². The van der Waals surface area contributed by atoms with Gasteiger partial charge in [-0.25, -0.2) is 4.39 Å². The average Bonchev–Trinajstić information content (AvgIpc) is 2.20. The fraction of sp³-hybridized carbons (Fsp3) is 0.455. The lowest BCUT2D eigenvalue weighted by Crippen LogP contribution is -2.39. The van der Waals surface area contributed by atoms with E-state index in [1.54, 1.807) is 12.1 Å². The molecule has 1 fully saturated rings. The van der Waals surface area contributed by atoms with Crippen molar-refractivity contribution >= 4 is 0 Å². The van der Waals surface area contributed by atoms with Crippen LogP contribution in [0.1, 0.15) is 17.9 Å². The van der Waals surface area contributed by atoms with Gasteiger partial charge in [0.1, 0.15) is 5.82 Å². The Kier molecular flexibility index (Phi) is 2.79. The summed E-state index contributed by atoms with van der Waals surface area (Å²) >= 11 is 0. The lowest BCUT2D eigenvalue weighted by Gasteiger charge is -2.28. The van der Waals surface area contributed by atoms with Gasteiger partial charge in [-0.3, -0.25) is 0 Å². The number of aliphatic hydroxyl groups excluding tert-OH is 1. The standard InChI is InChI=1S/C11H14FNO/c12-9-3-1-8(2-4-9)10-5-6-13-7-11(10)14/h1-4,10-11,13-14H,5-7H2/t10?,11-/m1/s1. The molecule has 0 amide bonds. The molecular formula is C11H14FNO. The summed E-state index contributed by atoms with van der Waals surface area (Å²) in [5.41, 5.74) is 1.03. The number of benzene rings is 1. The highest BCUT2D eigenvalue weighted by molar-refractivity contribution is 5.22. The van der Waals surface area contributed by atoms with Crippen molar-refractivity contribution in [1.82, 2.24) is 5.32 Å². The Morgan fingerprint density at radius 1 is 1.29 bits per heavy atom. The van der Waals surface area contributed by atoms with Crippen molar-refractivity contribution in [2.75, 3.05) is 13.1 Å². The maximum atomic E-state index is 12.7. The zero-order chi connectivity index (χ0) is 9.97. The highest BCUT2D eigenvalue weighted by Gasteiger charge is 2.23. The van der Waals surface area contributed by atoms with Gasteiger partial charge in [0.25, 0.3) is 0 Å². The number of nitrogens with one attached hydrogen (secondary N) is 1. The van der Waals surface area contributed by atoms with Gasteiger partial charge in [-0.05, 0) is 30.7 Å². The Morgan fingerprint density at radius 2 is 2.00 bits per heavy atom. The van der Waals surface area contributed by atoms with Crippen LogP contribution in [-0.2, 0) is 0 Å². The van der Waals surface area contributed by atoms with Gasteiger partial charge < -0.3 is 10.4 Å². The summed E-state index contributed by atoms with van der Waals surface area (Å²) in [5, 5.41) is 12.9. The van der Waals surface area contributed by atoms with E-state index in [9.17, 15) is 9.50 Å². The van der Waals surface area contributed by atoms with Crippen LogP contribution in [0.4, 0.5) is 4.39 Å². The SMILES string of the molecule is O[C@@H]1CNCCC1c1ccc(F)cc1. The fourth-order valence-electron chi connectivity index (χ4n) is 1.94. The number of hydrogen-bond acceptors (Lipinski definition) is 2. The second-order valence-corrected chi connectivity index (χ2v) is 3.72. The molecule has 0 bridgehead atoms. The second-order valence-electron chi connectivity index (χ2n) is 3.72. The molecule has 1 aromatic carbocycles. The molecule has 1 aliphatic heterocycles. The van der Waals surface area contributed by atoms with Gasteiger partial charge in [0, 0.05) is 12.5 Å². The molecule has 2 rings (SSSR count). The van der Waals surface area contributed by atoms with Crippen LogP contribution in [-0.4, -0.2) is 24.3 Å². The Labute approximate surface area is 82.8 Å². The first-order chi connectivity index (χ1) is 6.77. The van der Waals surface area contributed by atoms with E-state index in [4.69, 9.17) is 0 Å². The van der Waals surface area contributed by atoms with Crippen LogP contribution in [0.25, 0.3) is 0 Å². The molecule has 1 unspecified atom stereocenters. The summed E-state index contributed by atoms with van der Waals surface area (Å²) in [6, 6.07) is 6.41. The van der Waals surface area contributed by atoms with E-state index >= 15 is 0 Å². The van der Waals surface area contributed by atoms with E-state index < -0.39 is 0 Å². The summed E-state index contributed by atoms with van der Waals surface area (Å²) in [7, 11) is 0. The van der Waals surface area contributed by atoms with Crippen LogP contribution in [0.2, 0.25) is 0 Å². The molecule has 1 aliphatic rings. The number of piperidine rings is 1. The monoisotopic (exact) mass is 195 g/mol. The van der Waals surface area contributed by atoms with Gasteiger partial charge in [0.05, 0.1) is 6.10 Å². The molecule has 1 heterocycles. The largest absolute Gasteiger partial charge is 0.391 e. The van der Waals surface area contributed by atoms with Crippen molar-refractivity contribution in [1.29, 1.82) is 0 Å². The van der Waals surface area contributed by atoms with Crippen LogP contribution in [0.15, 0.2) is 24.3 Å². The maximum absolute atomic E-state index is 12.7. The first-order valence-corrected chi connectivity index (χ1v) is 4.91. The van der Waals surface area contributed by atoms with E-state index in [1.165, 1.54) is 12.1 Å². The van der Waals surface area contributed by atoms with Gasteiger partial charge in [-0.2, -0.15) is 0 Å². The van der Waals surface area contributed by atoms with Crippen molar-refractivity contribution < 1.29 is 9.50 Å². The summed E-state index contributed by atoms with van der Waals surface area (Å²) in [5.74, 6) is -0.0750. The second kappa shape index (κ2) is 4.07. The molecule has 0 radical (unpaired) electrons. The molecule has 76 valence electrons. The zero-order valence-corrected chi connectivity index (χ0v) is 7.91. The van der Waals surface area contributed by atoms with Crippen molar-refractivity contribution in [3.05, 3.63) is 35.6 Å². The Balaban J connectivity index is 2.16. The summed E-state index contributed by atoms with van der Waals surface area (Å²) in [4.78, 5) is 0. The Hall–Kier alpha value is -0.930. The van der Waals surface area contributed by atoms with Crippen LogP contribution in [0.5, 0.6) is 0 Å². The molecule has 3 heteroatoms. The maximum Gasteiger partial charge on any atom is 0.123 e. The van der Waals surface area contributed by atoms with Gasteiger partial charge in [-0.1, -0.05) is 12.1 Å². The molecule has 1 aromatic rings. The quantitative estimate of drug-likeness (QED) is 0.707. The molecule has 0 aliphatic carbocycles. The van der Waals surface area contributed by atoms with E-state index in [1.807, 2.05) is 0 Å². The number of rotatable bonds is 1.